The van der Waals surface area contributed by atoms with E-state index in [1.807, 2.05) is 17.0 Å². The number of halogens is 2. The lowest BCUT2D eigenvalue weighted by Crippen LogP contribution is -2.29. The molecule has 0 radical (unpaired) electrons. The second kappa shape index (κ2) is 10.0. The van der Waals surface area contributed by atoms with Crippen LogP contribution in [0.3, 0.4) is 0 Å². The van der Waals surface area contributed by atoms with Gasteiger partial charge < -0.3 is 15.4 Å². The van der Waals surface area contributed by atoms with Crippen molar-refractivity contribution < 1.29 is 14.3 Å². The highest BCUT2D eigenvalue weighted by atomic mass is 35.5. The number of pyridine rings is 1. The van der Waals surface area contributed by atoms with Crippen LogP contribution in [0.1, 0.15) is 44.8 Å². The highest BCUT2D eigenvalue weighted by Gasteiger charge is 2.33. The van der Waals surface area contributed by atoms with Gasteiger partial charge in [-0.05, 0) is 67.6 Å². The molecular weight excluding hydrogens is 537 g/mol. The maximum absolute atomic E-state index is 13.6. The fourth-order valence-electron chi connectivity index (χ4n) is 5.48. The van der Waals surface area contributed by atoms with Crippen LogP contribution in [0, 0.1) is 0 Å². The van der Waals surface area contributed by atoms with Gasteiger partial charge in [0.2, 0.25) is 5.91 Å². The number of hydrogen-bond donors (Lipinski definition) is 1. The van der Waals surface area contributed by atoms with E-state index in [1.165, 1.54) is 6.20 Å². The van der Waals surface area contributed by atoms with Crippen LogP contribution >= 0.6 is 23.2 Å². The van der Waals surface area contributed by atoms with Crippen molar-refractivity contribution in [3.63, 3.8) is 0 Å². The number of ether oxygens (including phenoxy) is 1. The quantitative estimate of drug-likeness (QED) is 0.353. The van der Waals surface area contributed by atoms with Crippen molar-refractivity contribution in [3.05, 3.63) is 81.2 Å². The van der Waals surface area contributed by atoms with E-state index >= 15 is 0 Å². The maximum Gasteiger partial charge on any atom is 0.274 e. The first-order valence-electron chi connectivity index (χ1n) is 12.7. The fraction of sp³-hybridized carbons (Fsp3) is 0.241. The first kappa shape index (κ1) is 25.4. The molecule has 0 bridgehead atoms. The molecule has 2 aromatic carbocycles. The van der Waals surface area contributed by atoms with Crippen LogP contribution < -0.4 is 10.5 Å². The van der Waals surface area contributed by atoms with Crippen LogP contribution in [0.5, 0.6) is 5.75 Å². The van der Waals surface area contributed by atoms with Crippen molar-refractivity contribution in [1.82, 2.24) is 19.7 Å². The highest BCUT2D eigenvalue weighted by Crippen LogP contribution is 2.43. The number of carbonyl (C=O) groups is 2. The van der Waals surface area contributed by atoms with E-state index in [1.54, 1.807) is 42.3 Å². The number of aryl methyl sites for hydroxylation is 1. The average Bonchev–Trinajstić information content (AvgIpc) is 3.60. The van der Waals surface area contributed by atoms with E-state index < -0.39 is 5.91 Å². The highest BCUT2D eigenvalue weighted by molar-refractivity contribution is 6.34. The molecule has 39 heavy (non-hydrogen) atoms. The van der Waals surface area contributed by atoms with E-state index in [9.17, 15) is 9.59 Å². The van der Waals surface area contributed by atoms with Crippen molar-refractivity contribution in [2.24, 2.45) is 5.73 Å². The Kier molecular flexibility index (Phi) is 6.53. The number of amides is 2. The molecule has 3 heterocycles. The van der Waals surface area contributed by atoms with Gasteiger partial charge >= 0.3 is 0 Å². The Morgan fingerprint density at radius 3 is 2.38 bits per heavy atom. The Bertz CT molecular complexity index is 1620. The van der Waals surface area contributed by atoms with Gasteiger partial charge in [0.25, 0.3) is 5.91 Å². The standard InChI is InChI=1S/C29H25Cl2N5O3/c1-39-25-9-16-4-5-22-26(29(38)35-6-2-3-7-35)34-36(21-11-19(30)10-20(31)12-21)27(22)24(16)13-23(25)17-8-18(28(32)37)15-33-14-17/h8-15H,2-7H2,1H3,(H2,32,37). The molecule has 10 heteroatoms. The van der Waals surface area contributed by atoms with Crippen molar-refractivity contribution >= 4 is 35.0 Å². The lowest BCUT2D eigenvalue weighted by Gasteiger charge is -2.22. The van der Waals surface area contributed by atoms with Crippen molar-refractivity contribution in [3.8, 4) is 33.8 Å². The Labute approximate surface area is 235 Å². The van der Waals surface area contributed by atoms with Crippen LogP contribution in [0.15, 0.2) is 48.8 Å². The number of aromatic nitrogens is 3. The van der Waals surface area contributed by atoms with Gasteiger partial charge in [0, 0.05) is 57.8 Å². The predicted octanol–water partition coefficient (Wildman–Crippen LogP) is 5.35. The monoisotopic (exact) mass is 561 g/mol. The molecule has 1 aliphatic heterocycles. The van der Waals surface area contributed by atoms with Crippen molar-refractivity contribution in [2.45, 2.75) is 25.7 Å². The largest absolute Gasteiger partial charge is 0.496 e. The van der Waals surface area contributed by atoms with Gasteiger partial charge in [-0.1, -0.05) is 23.2 Å². The Morgan fingerprint density at radius 2 is 1.69 bits per heavy atom. The minimum Gasteiger partial charge on any atom is -0.496 e. The van der Waals surface area contributed by atoms with Crippen LogP contribution in [0.4, 0.5) is 0 Å². The zero-order valence-corrected chi connectivity index (χ0v) is 22.7. The number of nitrogens with two attached hydrogens (primary N) is 1. The van der Waals surface area contributed by atoms with Crippen LogP contribution in [0.2, 0.25) is 10.0 Å². The summed E-state index contributed by atoms with van der Waals surface area (Å²) in [6, 6.07) is 10.9. The third-order valence-corrected chi connectivity index (χ3v) is 7.77. The summed E-state index contributed by atoms with van der Waals surface area (Å²) in [4.78, 5) is 31.6. The summed E-state index contributed by atoms with van der Waals surface area (Å²) in [5.74, 6) is 0.0153. The second-order valence-electron chi connectivity index (χ2n) is 9.75. The summed E-state index contributed by atoms with van der Waals surface area (Å²) in [7, 11) is 1.61. The van der Waals surface area contributed by atoms with Crippen molar-refractivity contribution in [1.29, 1.82) is 0 Å². The summed E-state index contributed by atoms with van der Waals surface area (Å²) in [5, 5.41) is 5.81. The Hall–Kier alpha value is -3.88. The Morgan fingerprint density at radius 1 is 0.949 bits per heavy atom. The molecule has 1 saturated heterocycles. The summed E-state index contributed by atoms with van der Waals surface area (Å²) in [6.07, 6.45) is 6.43. The summed E-state index contributed by atoms with van der Waals surface area (Å²) >= 11 is 12.8. The number of nitrogens with zero attached hydrogens (tertiary/aromatic N) is 4. The normalized spacial score (nSPS) is 14.2. The minimum absolute atomic E-state index is 0.0637. The number of likely N-dealkylation sites (tertiary alicyclic amines) is 1. The van der Waals surface area contributed by atoms with E-state index in [0.717, 1.165) is 53.9 Å². The molecule has 0 saturated carbocycles. The molecule has 8 nitrogen and oxygen atoms in total. The molecule has 6 rings (SSSR count). The first-order chi connectivity index (χ1) is 18.8. The summed E-state index contributed by atoms with van der Waals surface area (Å²) < 4.78 is 7.52. The Balaban J connectivity index is 1.59. The average molecular weight is 562 g/mol. The first-order valence-corrected chi connectivity index (χ1v) is 13.4. The lowest BCUT2D eigenvalue weighted by molar-refractivity contribution is 0.0785. The predicted molar refractivity (Wildman–Crippen MR) is 150 cm³/mol. The SMILES string of the molecule is COc1cc2c(cc1-c1cncc(C(N)=O)c1)-c1c(c(C(=O)N3CCCC3)nn1-c1cc(Cl)cc(Cl)c1)CC2. The smallest absolute Gasteiger partial charge is 0.274 e. The summed E-state index contributed by atoms with van der Waals surface area (Å²) in [6.45, 7) is 1.45. The topological polar surface area (TPSA) is 103 Å². The number of methoxy groups -OCH3 is 1. The molecule has 2 aliphatic rings. The van der Waals surface area contributed by atoms with E-state index in [4.69, 9.17) is 38.8 Å². The van der Waals surface area contributed by atoms with Gasteiger partial charge in [-0.25, -0.2) is 4.68 Å². The second-order valence-corrected chi connectivity index (χ2v) is 10.6. The molecule has 2 N–H and O–H groups in total. The molecule has 1 fully saturated rings. The molecule has 198 valence electrons. The third kappa shape index (κ3) is 4.53. The van der Waals surface area contributed by atoms with Gasteiger partial charge in [0.15, 0.2) is 5.69 Å². The molecule has 0 atom stereocenters. The number of rotatable bonds is 5. The number of hydrogen-bond acceptors (Lipinski definition) is 5. The van der Waals surface area contributed by atoms with Gasteiger partial charge in [0.1, 0.15) is 5.75 Å². The molecule has 1 aliphatic carbocycles. The zero-order valence-electron chi connectivity index (χ0n) is 21.2. The summed E-state index contributed by atoms with van der Waals surface area (Å²) in [5.41, 5.74) is 12.0. The lowest BCUT2D eigenvalue weighted by atomic mass is 9.86. The van der Waals surface area contributed by atoms with Gasteiger partial charge in [-0.3, -0.25) is 14.6 Å². The van der Waals surface area contributed by atoms with Gasteiger partial charge in [0.05, 0.1) is 24.1 Å². The molecule has 2 aromatic heterocycles. The maximum atomic E-state index is 13.6. The molecule has 4 aromatic rings. The number of primary amides is 1. The van der Waals surface area contributed by atoms with E-state index in [-0.39, 0.29) is 5.91 Å². The molecule has 2 amide bonds. The minimum atomic E-state index is -0.565. The van der Waals surface area contributed by atoms with Crippen LogP contribution in [0.25, 0.3) is 28.1 Å². The number of fused-ring (bicyclic) bond motifs is 3. The fourth-order valence-corrected chi connectivity index (χ4v) is 5.99. The van der Waals surface area contributed by atoms with Crippen LogP contribution in [-0.4, -0.2) is 51.7 Å². The number of carbonyl (C=O) groups excluding carboxylic acids is 2. The number of benzene rings is 2. The van der Waals surface area contributed by atoms with E-state index in [0.29, 0.717) is 51.1 Å². The van der Waals surface area contributed by atoms with Gasteiger partial charge in [-0.15, -0.1) is 0 Å². The van der Waals surface area contributed by atoms with Crippen molar-refractivity contribution in [2.75, 3.05) is 20.2 Å². The molecule has 0 unspecified atom stereocenters. The van der Waals surface area contributed by atoms with E-state index in [2.05, 4.69) is 4.98 Å². The van der Waals surface area contributed by atoms with Crippen LogP contribution in [-0.2, 0) is 12.8 Å². The molecular formula is C29H25Cl2N5O3. The zero-order chi connectivity index (χ0) is 27.3. The van der Waals surface area contributed by atoms with Gasteiger partial charge in [-0.2, -0.15) is 5.10 Å². The molecule has 0 spiro atoms. The third-order valence-electron chi connectivity index (χ3n) is 7.33.